The Morgan fingerprint density at radius 3 is 2.59 bits per heavy atom. The summed E-state index contributed by atoms with van der Waals surface area (Å²) in [7, 11) is 1.30. The normalized spacial score (nSPS) is 10.4. The number of aromatic amines is 1. The average Bonchev–Trinajstić information content (AvgIpc) is 2.70. The second-order valence-corrected chi connectivity index (χ2v) is 4.01. The molecule has 17 heavy (non-hydrogen) atoms. The van der Waals surface area contributed by atoms with Gasteiger partial charge in [0.2, 0.25) is 0 Å². The molecule has 6 nitrogen and oxygen atoms in total. The molecule has 0 aliphatic carbocycles. The maximum absolute atomic E-state index is 12.2. The van der Waals surface area contributed by atoms with Crippen LogP contribution in [0.4, 0.5) is 0 Å². The number of hydrogen-bond acceptors (Lipinski definition) is 4. The Morgan fingerprint density at radius 1 is 1.53 bits per heavy atom. The largest absolute Gasteiger partial charge is 0.468 e. The molecular formula is C11H17N3O3. The van der Waals surface area contributed by atoms with E-state index in [2.05, 4.69) is 14.9 Å². The molecule has 0 aliphatic heterocycles. The number of methoxy groups -OCH3 is 1. The van der Waals surface area contributed by atoms with Gasteiger partial charge in [0.25, 0.3) is 5.91 Å². The van der Waals surface area contributed by atoms with Crippen LogP contribution < -0.4 is 0 Å². The van der Waals surface area contributed by atoms with Gasteiger partial charge in [0, 0.05) is 11.7 Å². The van der Waals surface area contributed by atoms with Crippen molar-refractivity contribution in [1.29, 1.82) is 0 Å². The molecule has 1 rings (SSSR count). The zero-order chi connectivity index (χ0) is 13.0. The van der Waals surface area contributed by atoms with E-state index >= 15 is 0 Å². The first-order chi connectivity index (χ1) is 7.97. The monoisotopic (exact) mass is 239 g/mol. The van der Waals surface area contributed by atoms with Gasteiger partial charge in [0.05, 0.1) is 18.9 Å². The van der Waals surface area contributed by atoms with Crippen molar-refractivity contribution in [2.75, 3.05) is 13.7 Å². The lowest BCUT2D eigenvalue weighted by molar-refractivity contribution is -0.141. The minimum absolute atomic E-state index is 0.0579. The molecule has 0 atom stereocenters. The van der Waals surface area contributed by atoms with Gasteiger partial charge in [-0.25, -0.2) is 0 Å². The number of nitrogens with one attached hydrogen (secondary N) is 1. The number of hydrogen-bond donors (Lipinski definition) is 1. The van der Waals surface area contributed by atoms with E-state index in [1.807, 2.05) is 13.8 Å². The van der Waals surface area contributed by atoms with Crippen molar-refractivity contribution in [2.24, 2.45) is 0 Å². The van der Waals surface area contributed by atoms with E-state index in [1.165, 1.54) is 18.2 Å². The molecule has 1 heterocycles. The molecular weight excluding hydrogens is 222 g/mol. The number of carbonyl (C=O) groups excluding carboxylic acids is 2. The highest BCUT2D eigenvalue weighted by molar-refractivity contribution is 5.96. The Balaban J connectivity index is 2.89. The molecule has 0 unspecified atom stereocenters. The molecule has 1 amide bonds. The third kappa shape index (κ3) is 3.05. The lowest BCUT2D eigenvalue weighted by Gasteiger charge is -2.25. The van der Waals surface area contributed by atoms with Crippen LogP contribution in [-0.2, 0) is 9.53 Å². The average molecular weight is 239 g/mol. The van der Waals surface area contributed by atoms with Crippen LogP contribution in [0.2, 0.25) is 0 Å². The Kier molecular flexibility index (Phi) is 4.25. The molecule has 6 heteroatoms. The second kappa shape index (κ2) is 5.47. The van der Waals surface area contributed by atoms with Crippen molar-refractivity contribution >= 4 is 11.9 Å². The van der Waals surface area contributed by atoms with Gasteiger partial charge in [-0.05, 0) is 20.8 Å². The first-order valence-corrected chi connectivity index (χ1v) is 5.35. The number of nitrogens with zero attached hydrogens (tertiary/aromatic N) is 2. The maximum Gasteiger partial charge on any atom is 0.325 e. The van der Waals surface area contributed by atoms with E-state index in [0.29, 0.717) is 11.3 Å². The van der Waals surface area contributed by atoms with Crippen molar-refractivity contribution in [3.63, 3.8) is 0 Å². The van der Waals surface area contributed by atoms with Crippen molar-refractivity contribution in [1.82, 2.24) is 15.1 Å². The van der Waals surface area contributed by atoms with Gasteiger partial charge in [-0.3, -0.25) is 14.7 Å². The molecule has 0 saturated carbocycles. The molecule has 0 fully saturated rings. The van der Waals surface area contributed by atoms with Crippen molar-refractivity contribution in [2.45, 2.75) is 26.8 Å². The van der Waals surface area contributed by atoms with Crippen LogP contribution in [0.15, 0.2) is 6.20 Å². The number of H-pyrrole nitrogens is 1. The maximum atomic E-state index is 12.2. The molecule has 0 spiro atoms. The highest BCUT2D eigenvalue weighted by Crippen LogP contribution is 2.10. The van der Waals surface area contributed by atoms with E-state index in [-0.39, 0.29) is 18.5 Å². The summed E-state index contributed by atoms with van der Waals surface area (Å²) in [5.41, 5.74) is 1.16. The number of aromatic nitrogens is 2. The summed E-state index contributed by atoms with van der Waals surface area (Å²) in [4.78, 5) is 24.9. The number of rotatable bonds is 4. The third-order valence-electron chi connectivity index (χ3n) is 2.47. The van der Waals surface area contributed by atoms with Gasteiger partial charge < -0.3 is 9.64 Å². The predicted octanol–water partition coefficient (Wildman–Crippen LogP) is 0.742. The van der Waals surface area contributed by atoms with Gasteiger partial charge in [-0.1, -0.05) is 0 Å². The van der Waals surface area contributed by atoms with Crippen molar-refractivity contribution < 1.29 is 14.3 Å². The number of ether oxygens (including phenoxy) is 1. The summed E-state index contributed by atoms with van der Waals surface area (Å²) >= 11 is 0. The van der Waals surface area contributed by atoms with Crippen LogP contribution in [0.25, 0.3) is 0 Å². The summed E-state index contributed by atoms with van der Waals surface area (Å²) in [5.74, 6) is -0.662. The summed E-state index contributed by atoms with van der Waals surface area (Å²) in [6.07, 6.45) is 1.46. The Labute approximate surface area is 99.9 Å². The van der Waals surface area contributed by atoms with E-state index in [0.717, 1.165) is 0 Å². The fraction of sp³-hybridized carbons (Fsp3) is 0.545. The SMILES string of the molecule is COC(=O)CN(C(=O)c1cn[nH]c1C)C(C)C. The zero-order valence-electron chi connectivity index (χ0n) is 10.5. The van der Waals surface area contributed by atoms with E-state index in [9.17, 15) is 9.59 Å². The third-order valence-corrected chi connectivity index (χ3v) is 2.47. The predicted molar refractivity (Wildman–Crippen MR) is 61.5 cm³/mol. The molecule has 0 radical (unpaired) electrons. The fourth-order valence-electron chi connectivity index (χ4n) is 1.41. The van der Waals surface area contributed by atoms with Gasteiger partial charge in [0.15, 0.2) is 0 Å². The number of carbonyl (C=O) groups is 2. The van der Waals surface area contributed by atoms with Crippen LogP contribution in [0.1, 0.15) is 29.9 Å². The summed E-state index contributed by atoms with van der Waals surface area (Å²) < 4.78 is 4.57. The van der Waals surface area contributed by atoms with Crippen LogP contribution >= 0.6 is 0 Å². The first kappa shape index (κ1) is 13.2. The molecule has 1 aromatic heterocycles. The van der Waals surface area contributed by atoms with E-state index < -0.39 is 5.97 Å². The van der Waals surface area contributed by atoms with Gasteiger partial charge in [-0.15, -0.1) is 0 Å². The summed E-state index contributed by atoms with van der Waals surface area (Å²) in [5, 5.41) is 6.49. The highest BCUT2D eigenvalue weighted by atomic mass is 16.5. The standard InChI is InChI=1S/C11H17N3O3/c1-7(2)14(6-10(15)17-4)11(16)9-5-12-13-8(9)3/h5,7H,6H2,1-4H3,(H,12,13). The number of aryl methyl sites for hydroxylation is 1. The molecule has 0 aromatic carbocycles. The Morgan fingerprint density at radius 2 is 2.18 bits per heavy atom. The highest BCUT2D eigenvalue weighted by Gasteiger charge is 2.23. The minimum Gasteiger partial charge on any atom is -0.468 e. The fourth-order valence-corrected chi connectivity index (χ4v) is 1.41. The topological polar surface area (TPSA) is 75.3 Å². The molecule has 0 aliphatic rings. The lowest BCUT2D eigenvalue weighted by Crippen LogP contribution is -2.41. The lowest BCUT2D eigenvalue weighted by atomic mass is 10.2. The Bertz CT molecular complexity index is 412. The van der Waals surface area contributed by atoms with Gasteiger partial charge >= 0.3 is 5.97 Å². The molecule has 94 valence electrons. The number of amides is 1. The van der Waals surface area contributed by atoms with Crippen molar-refractivity contribution in [3.8, 4) is 0 Å². The van der Waals surface area contributed by atoms with Crippen molar-refractivity contribution in [3.05, 3.63) is 17.5 Å². The molecule has 1 aromatic rings. The smallest absolute Gasteiger partial charge is 0.325 e. The Hall–Kier alpha value is -1.85. The van der Waals surface area contributed by atoms with Crippen LogP contribution in [0, 0.1) is 6.92 Å². The van der Waals surface area contributed by atoms with Crippen LogP contribution in [0.5, 0.6) is 0 Å². The van der Waals surface area contributed by atoms with Gasteiger partial charge in [0.1, 0.15) is 6.54 Å². The molecule has 1 N–H and O–H groups in total. The second-order valence-electron chi connectivity index (χ2n) is 4.01. The number of esters is 1. The quantitative estimate of drug-likeness (QED) is 0.786. The first-order valence-electron chi connectivity index (χ1n) is 5.35. The van der Waals surface area contributed by atoms with E-state index in [1.54, 1.807) is 6.92 Å². The molecule has 0 bridgehead atoms. The molecule has 0 saturated heterocycles. The summed E-state index contributed by atoms with van der Waals surface area (Å²) in [6.45, 7) is 5.39. The summed E-state index contributed by atoms with van der Waals surface area (Å²) in [6, 6.07) is -0.0871. The van der Waals surface area contributed by atoms with Gasteiger partial charge in [-0.2, -0.15) is 5.10 Å². The van der Waals surface area contributed by atoms with E-state index in [4.69, 9.17) is 0 Å². The minimum atomic E-state index is -0.437. The van der Waals surface area contributed by atoms with Crippen LogP contribution in [0.3, 0.4) is 0 Å². The zero-order valence-corrected chi connectivity index (χ0v) is 10.5. The van der Waals surface area contributed by atoms with Crippen LogP contribution in [-0.4, -0.2) is 46.7 Å².